The van der Waals surface area contributed by atoms with Crippen molar-refractivity contribution in [3.8, 4) is 0 Å². The van der Waals surface area contributed by atoms with Crippen molar-refractivity contribution >= 4 is 39.3 Å². The lowest BCUT2D eigenvalue weighted by Gasteiger charge is -2.13. The van der Waals surface area contributed by atoms with Crippen molar-refractivity contribution in [2.45, 2.75) is 11.8 Å². The van der Waals surface area contributed by atoms with E-state index in [-0.39, 0.29) is 11.3 Å². The molecule has 0 amide bonds. The third-order valence-electron chi connectivity index (χ3n) is 3.43. The predicted molar refractivity (Wildman–Crippen MR) is 91.7 cm³/mol. The summed E-state index contributed by atoms with van der Waals surface area (Å²) in [7, 11) is -3.09. The molecule has 0 fully saturated rings. The van der Waals surface area contributed by atoms with E-state index in [1.165, 1.54) is 25.3 Å². The van der Waals surface area contributed by atoms with E-state index >= 15 is 0 Å². The van der Waals surface area contributed by atoms with Gasteiger partial charge in [-0.05, 0) is 42.8 Å². The number of ether oxygens (including phenoxy) is 1. The number of carbonyl (C=O) groups is 2. The quantitative estimate of drug-likeness (QED) is 0.745. The van der Waals surface area contributed by atoms with Crippen molar-refractivity contribution in [2.24, 2.45) is 0 Å². The zero-order chi connectivity index (χ0) is 19.6. The number of sulfonamides is 1. The number of methoxy groups -OCH3 is 1. The van der Waals surface area contributed by atoms with Crippen molar-refractivity contribution in [3.05, 3.63) is 57.9 Å². The van der Waals surface area contributed by atoms with Crippen LogP contribution in [0.2, 0.25) is 5.02 Å². The summed E-state index contributed by atoms with van der Waals surface area (Å²) in [6.45, 7) is 1.55. The minimum atomic E-state index is -4.31. The summed E-state index contributed by atoms with van der Waals surface area (Å²) in [6, 6.07) is 5.37. The van der Waals surface area contributed by atoms with E-state index in [1.807, 2.05) is 0 Å². The molecule has 0 radical (unpaired) electrons. The highest BCUT2D eigenvalue weighted by atomic mass is 35.5. The summed E-state index contributed by atoms with van der Waals surface area (Å²) in [6.07, 6.45) is 0. The van der Waals surface area contributed by atoms with Crippen LogP contribution in [0.15, 0.2) is 35.2 Å². The van der Waals surface area contributed by atoms with Crippen LogP contribution in [0, 0.1) is 12.7 Å². The normalized spacial score (nSPS) is 11.1. The molecule has 26 heavy (non-hydrogen) atoms. The average Bonchev–Trinajstić information content (AvgIpc) is 2.55. The highest BCUT2D eigenvalue weighted by Gasteiger charge is 2.24. The summed E-state index contributed by atoms with van der Waals surface area (Å²) in [5, 5.41) is 8.48. The first-order valence-corrected chi connectivity index (χ1v) is 8.87. The maximum Gasteiger partial charge on any atom is 0.338 e. The van der Waals surface area contributed by atoms with Crippen LogP contribution in [0.25, 0.3) is 0 Å². The molecule has 138 valence electrons. The lowest BCUT2D eigenvalue weighted by molar-refractivity contribution is 0.0599. The van der Waals surface area contributed by atoms with E-state index in [4.69, 9.17) is 16.7 Å². The SMILES string of the molecule is COC(=O)c1ccc(NS(=O)(=O)c2cc(C(=O)O)c(F)cc2Cl)c(C)c1. The molecule has 0 atom stereocenters. The molecule has 2 N–H and O–H groups in total. The van der Waals surface area contributed by atoms with Crippen LogP contribution in [0.3, 0.4) is 0 Å². The first-order valence-electron chi connectivity index (χ1n) is 7.01. The van der Waals surface area contributed by atoms with Crippen LogP contribution in [-0.2, 0) is 14.8 Å². The second kappa shape index (κ2) is 7.30. The van der Waals surface area contributed by atoms with Gasteiger partial charge in [0.05, 0.1) is 28.9 Å². The number of hydrogen-bond donors (Lipinski definition) is 2. The van der Waals surface area contributed by atoms with Crippen molar-refractivity contribution in [1.29, 1.82) is 0 Å². The maximum absolute atomic E-state index is 13.6. The Kier molecular flexibility index (Phi) is 5.53. The molecule has 0 saturated carbocycles. The van der Waals surface area contributed by atoms with Gasteiger partial charge in [-0.2, -0.15) is 0 Å². The monoisotopic (exact) mass is 401 g/mol. The Labute approximate surface area is 153 Å². The molecule has 0 bridgehead atoms. The number of carboxylic acids is 1. The third kappa shape index (κ3) is 3.94. The molecular weight excluding hydrogens is 389 g/mol. The fraction of sp³-hybridized carbons (Fsp3) is 0.125. The van der Waals surface area contributed by atoms with Gasteiger partial charge >= 0.3 is 11.9 Å². The number of rotatable bonds is 5. The summed E-state index contributed by atoms with van der Waals surface area (Å²) in [5.74, 6) is -3.37. The average molecular weight is 402 g/mol. The minimum Gasteiger partial charge on any atom is -0.478 e. The lowest BCUT2D eigenvalue weighted by Crippen LogP contribution is -2.16. The molecule has 2 aromatic carbocycles. The van der Waals surface area contributed by atoms with Gasteiger partial charge in [-0.1, -0.05) is 11.6 Å². The Morgan fingerprint density at radius 3 is 2.42 bits per heavy atom. The Morgan fingerprint density at radius 1 is 1.23 bits per heavy atom. The summed E-state index contributed by atoms with van der Waals surface area (Å²) < 4.78 is 45.5. The van der Waals surface area contributed by atoms with E-state index in [0.29, 0.717) is 17.7 Å². The molecule has 10 heteroatoms. The van der Waals surface area contributed by atoms with Crippen molar-refractivity contribution < 1.29 is 32.2 Å². The van der Waals surface area contributed by atoms with E-state index in [9.17, 15) is 22.4 Å². The van der Waals surface area contributed by atoms with Gasteiger partial charge in [-0.15, -0.1) is 0 Å². The molecule has 0 spiro atoms. The van der Waals surface area contributed by atoms with E-state index in [2.05, 4.69) is 9.46 Å². The van der Waals surface area contributed by atoms with Crippen LogP contribution in [0.4, 0.5) is 10.1 Å². The topological polar surface area (TPSA) is 110 Å². The second-order valence-electron chi connectivity index (χ2n) is 5.19. The fourth-order valence-corrected chi connectivity index (χ4v) is 3.79. The molecule has 0 unspecified atom stereocenters. The standard InChI is InChI=1S/C16H13ClFNO6S/c1-8-5-9(16(22)25-2)3-4-13(8)19-26(23,24)14-6-10(15(20)21)12(18)7-11(14)17/h3-7,19H,1-2H3,(H,20,21). The van der Waals surface area contributed by atoms with Crippen LogP contribution in [0.1, 0.15) is 26.3 Å². The summed E-state index contributed by atoms with van der Waals surface area (Å²) >= 11 is 5.77. The van der Waals surface area contributed by atoms with Gasteiger partial charge in [-0.3, -0.25) is 4.72 Å². The highest BCUT2D eigenvalue weighted by Crippen LogP contribution is 2.28. The van der Waals surface area contributed by atoms with Gasteiger partial charge in [0.25, 0.3) is 10.0 Å². The number of anilines is 1. The van der Waals surface area contributed by atoms with Gasteiger partial charge in [-0.25, -0.2) is 22.4 Å². The number of halogens is 2. The van der Waals surface area contributed by atoms with Gasteiger partial charge in [0.1, 0.15) is 10.7 Å². The minimum absolute atomic E-state index is 0.134. The molecule has 2 rings (SSSR count). The van der Waals surface area contributed by atoms with E-state index < -0.39 is 43.3 Å². The van der Waals surface area contributed by atoms with Crippen molar-refractivity contribution in [3.63, 3.8) is 0 Å². The molecule has 0 saturated heterocycles. The maximum atomic E-state index is 13.6. The molecule has 0 aliphatic heterocycles. The number of esters is 1. The third-order valence-corrected chi connectivity index (χ3v) is 5.26. The fourth-order valence-electron chi connectivity index (χ4n) is 2.12. The van der Waals surface area contributed by atoms with Crippen molar-refractivity contribution in [2.75, 3.05) is 11.8 Å². The van der Waals surface area contributed by atoms with Gasteiger partial charge in [0.2, 0.25) is 0 Å². The zero-order valence-corrected chi connectivity index (χ0v) is 15.1. The zero-order valence-electron chi connectivity index (χ0n) is 13.5. The van der Waals surface area contributed by atoms with Crippen LogP contribution < -0.4 is 4.72 Å². The molecule has 7 nitrogen and oxygen atoms in total. The van der Waals surface area contributed by atoms with Crippen LogP contribution >= 0.6 is 11.6 Å². The van der Waals surface area contributed by atoms with Gasteiger partial charge in [0, 0.05) is 0 Å². The number of hydrogen-bond acceptors (Lipinski definition) is 5. The Morgan fingerprint density at radius 2 is 1.88 bits per heavy atom. The molecule has 0 aliphatic rings. The molecule has 0 aromatic heterocycles. The number of aromatic carboxylic acids is 1. The summed E-state index contributed by atoms with van der Waals surface area (Å²) in [4.78, 5) is 21.9. The number of carboxylic acid groups (broad SMARTS) is 1. The molecule has 0 aliphatic carbocycles. The smallest absolute Gasteiger partial charge is 0.338 e. The van der Waals surface area contributed by atoms with Crippen molar-refractivity contribution in [1.82, 2.24) is 0 Å². The van der Waals surface area contributed by atoms with E-state index in [1.54, 1.807) is 6.92 Å². The van der Waals surface area contributed by atoms with Gasteiger partial charge < -0.3 is 9.84 Å². The largest absolute Gasteiger partial charge is 0.478 e. The van der Waals surface area contributed by atoms with E-state index in [0.717, 1.165) is 0 Å². The Bertz CT molecular complexity index is 1010. The molecule has 0 heterocycles. The molecular formula is C16H13ClFNO6S. The first kappa shape index (κ1) is 19.7. The summed E-state index contributed by atoms with van der Waals surface area (Å²) in [5.41, 5.74) is -0.0588. The van der Waals surface area contributed by atoms with Crippen LogP contribution in [-0.4, -0.2) is 32.6 Å². The second-order valence-corrected chi connectivity index (χ2v) is 7.25. The Balaban J connectivity index is 2.45. The Hall–Kier alpha value is -2.65. The number of nitrogens with one attached hydrogen (secondary N) is 1. The number of carbonyl (C=O) groups excluding carboxylic acids is 1. The van der Waals surface area contributed by atoms with Crippen LogP contribution in [0.5, 0.6) is 0 Å². The number of aryl methyl sites for hydroxylation is 1. The lowest BCUT2D eigenvalue weighted by atomic mass is 10.1. The molecule has 2 aromatic rings. The van der Waals surface area contributed by atoms with Gasteiger partial charge in [0.15, 0.2) is 0 Å². The first-order chi connectivity index (χ1) is 12.1. The number of benzene rings is 2. The highest BCUT2D eigenvalue weighted by molar-refractivity contribution is 7.92. The predicted octanol–water partition coefficient (Wildman–Crippen LogP) is 3.07.